The van der Waals surface area contributed by atoms with E-state index in [0.29, 0.717) is 17.2 Å². The fraction of sp³-hybridized carbons (Fsp3) is 0.455. The lowest BCUT2D eigenvalue weighted by Gasteiger charge is -2.14. The minimum atomic E-state index is -0.221. The zero-order valence-corrected chi connectivity index (χ0v) is 10.5. The van der Waals surface area contributed by atoms with Gasteiger partial charge in [0.2, 0.25) is 0 Å². The summed E-state index contributed by atoms with van der Waals surface area (Å²) in [7, 11) is 0. The molecule has 1 fully saturated rings. The first-order chi connectivity index (χ1) is 7.15. The second-order valence-corrected chi connectivity index (χ2v) is 5.10. The maximum atomic E-state index is 9.38. The van der Waals surface area contributed by atoms with Gasteiger partial charge in [0.25, 0.3) is 0 Å². The van der Waals surface area contributed by atoms with E-state index in [-0.39, 0.29) is 12.2 Å². The first kappa shape index (κ1) is 11.2. The summed E-state index contributed by atoms with van der Waals surface area (Å²) in [4.78, 5) is 0. The van der Waals surface area contributed by atoms with Crippen LogP contribution in [0.2, 0.25) is 5.02 Å². The Balaban J connectivity index is 2.07. The molecule has 1 aliphatic carbocycles. The van der Waals surface area contributed by atoms with Gasteiger partial charge in [0.1, 0.15) is 11.9 Å². The average Bonchev–Trinajstić information content (AvgIpc) is 2.58. The van der Waals surface area contributed by atoms with Gasteiger partial charge in [-0.2, -0.15) is 0 Å². The van der Waals surface area contributed by atoms with E-state index in [1.54, 1.807) is 6.07 Å². The van der Waals surface area contributed by atoms with Crippen LogP contribution in [0.15, 0.2) is 22.7 Å². The highest BCUT2D eigenvalue weighted by atomic mass is 79.9. The van der Waals surface area contributed by atoms with Crippen LogP contribution in [0.1, 0.15) is 19.3 Å². The van der Waals surface area contributed by atoms with E-state index in [1.165, 1.54) is 0 Å². The molecule has 1 aliphatic rings. The number of aliphatic hydroxyl groups is 1. The van der Waals surface area contributed by atoms with Crippen molar-refractivity contribution in [3.05, 3.63) is 27.7 Å². The standard InChI is InChI=1S/C11H12BrClO2/c12-7-1-4-10(13)11(5-7)15-9-3-2-8(14)6-9/h1,4-5,8-9,14H,2-3,6H2/t8-,9+/m0/s1. The lowest BCUT2D eigenvalue weighted by atomic mass is 10.3. The van der Waals surface area contributed by atoms with Crippen molar-refractivity contribution < 1.29 is 9.84 Å². The first-order valence-electron chi connectivity index (χ1n) is 4.95. The van der Waals surface area contributed by atoms with Crippen LogP contribution in [0.25, 0.3) is 0 Å². The summed E-state index contributed by atoms with van der Waals surface area (Å²) in [5.74, 6) is 0.685. The lowest BCUT2D eigenvalue weighted by molar-refractivity contribution is 0.150. The third-order valence-corrected chi connectivity index (χ3v) is 3.35. The van der Waals surface area contributed by atoms with Crippen molar-refractivity contribution in [3.63, 3.8) is 0 Å². The zero-order valence-electron chi connectivity index (χ0n) is 8.12. The second kappa shape index (κ2) is 4.73. The van der Waals surface area contributed by atoms with Crippen LogP contribution in [0, 0.1) is 0 Å². The van der Waals surface area contributed by atoms with Crippen LogP contribution in [0.4, 0.5) is 0 Å². The zero-order chi connectivity index (χ0) is 10.8. The Morgan fingerprint density at radius 1 is 1.40 bits per heavy atom. The van der Waals surface area contributed by atoms with Gasteiger partial charge >= 0.3 is 0 Å². The summed E-state index contributed by atoms with van der Waals surface area (Å²) in [6.07, 6.45) is 2.27. The summed E-state index contributed by atoms with van der Waals surface area (Å²) >= 11 is 9.37. The van der Waals surface area contributed by atoms with Gasteiger partial charge in [0.15, 0.2) is 0 Å². The molecule has 0 bridgehead atoms. The summed E-state index contributed by atoms with van der Waals surface area (Å²) in [5, 5.41) is 9.99. The molecule has 1 saturated carbocycles. The van der Waals surface area contributed by atoms with E-state index in [9.17, 15) is 5.11 Å². The molecule has 82 valence electrons. The van der Waals surface area contributed by atoms with E-state index < -0.39 is 0 Å². The van der Waals surface area contributed by atoms with Crippen molar-refractivity contribution in [3.8, 4) is 5.75 Å². The molecule has 0 unspecified atom stereocenters. The monoisotopic (exact) mass is 290 g/mol. The van der Waals surface area contributed by atoms with Crippen molar-refractivity contribution in [2.45, 2.75) is 31.5 Å². The van der Waals surface area contributed by atoms with Crippen LogP contribution in [-0.4, -0.2) is 17.3 Å². The third kappa shape index (κ3) is 2.86. The van der Waals surface area contributed by atoms with Crippen molar-refractivity contribution in [1.29, 1.82) is 0 Å². The van der Waals surface area contributed by atoms with Crippen molar-refractivity contribution in [2.24, 2.45) is 0 Å². The largest absolute Gasteiger partial charge is 0.489 e. The third-order valence-electron chi connectivity index (χ3n) is 2.54. The molecule has 0 saturated heterocycles. The predicted octanol–water partition coefficient (Wildman–Crippen LogP) is 3.39. The van der Waals surface area contributed by atoms with Crippen LogP contribution in [-0.2, 0) is 0 Å². The highest BCUT2D eigenvalue weighted by Crippen LogP contribution is 2.32. The van der Waals surface area contributed by atoms with Crippen LogP contribution in [0.5, 0.6) is 5.75 Å². The molecule has 4 heteroatoms. The van der Waals surface area contributed by atoms with Crippen molar-refractivity contribution in [1.82, 2.24) is 0 Å². The topological polar surface area (TPSA) is 29.5 Å². The van der Waals surface area contributed by atoms with E-state index in [0.717, 1.165) is 17.3 Å². The molecule has 2 atom stereocenters. The second-order valence-electron chi connectivity index (χ2n) is 3.78. The molecule has 0 aliphatic heterocycles. The molecule has 0 radical (unpaired) electrons. The molecular formula is C11H12BrClO2. The molecule has 15 heavy (non-hydrogen) atoms. The van der Waals surface area contributed by atoms with Crippen LogP contribution in [0.3, 0.4) is 0 Å². The molecule has 0 aromatic heterocycles. The number of halogens is 2. The van der Waals surface area contributed by atoms with E-state index >= 15 is 0 Å². The Hall–Kier alpha value is -0.250. The Kier molecular flexibility index (Phi) is 3.54. The van der Waals surface area contributed by atoms with Gasteiger partial charge in [-0.25, -0.2) is 0 Å². The molecule has 2 rings (SSSR count). The summed E-state index contributed by atoms with van der Waals surface area (Å²) in [6.45, 7) is 0. The molecule has 0 amide bonds. The Labute approximate surface area is 102 Å². The quantitative estimate of drug-likeness (QED) is 0.905. The Morgan fingerprint density at radius 3 is 2.87 bits per heavy atom. The molecule has 1 N–H and O–H groups in total. The molecule has 1 aromatic rings. The summed E-state index contributed by atoms with van der Waals surface area (Å²) < 4.78 is 6.68. The van der Waals surface area contributed by atoms with E-state index in [2.05, 4.69) is 15.9 Å². The van der Waals surface area contributed by atoms with E-state index in [4.69, 9.17) is 16.3 Å². The average molecular weight is 292 g/mol. The van der Waals surface area contributed by atoms with Gasteiger partial charge in [0, 0.05) is 10.9 Å². The van der Waals surface area contributed by atoms with Gasteiger partial charge < -0.3 is 9.84 Å². The summed E-state index contributed by atoms with van der Waals surface area (Å²) in [5.41, 5.74) is 0. The number of aliphatic hydroxyl groups excluding tert-OH is 1. The normalized spacial score (nSPS) is 25.5. The highest BCUT2D eigenvalue weighted by molar-refractivity contribution is 9.10. The predicted molar refractivity (Wildman–Crippen MR) is 63.4 cm³/mol. The molecular weight excluding hydrogens is 279 g/mol. The molecule has 2 nitrogen and oxygen atoms in total. The fourth-order valence-corrected chi connectivity index (χ4v) is 2.27. The van der Waals surface area contributed by atoms with Crippen LogP contribution < -0.4 is 4.74 Å². The minimum absolute atomic E-state index is 0.0896. The smallest absolute Gasteiger partial charge is 0.139 e. The maximum Gasteiger partial charge on any atom is 0.139 e. The minimum Gasteiger partial charge on any atom is -0.489 e. The van der Waals surface area contributed by atoms with Crippen molar-refractivity contribution >= 4 is 27.5 Å². The van der Waals surface area contributed by atoms with E-state index in [1.807, 2.05) is 12.1 Å². The van der Waals surface area contributed by atoms with Gasteiger partial charge in [-0.1, -0.05) is 27.5 Å². The van der Waals surface area contributed by atoms with Crippen molar-refractivity contribution in [2.75, 3.05) is 0 Å². The number of ether oxygens (including phenoxy) is 1. The maximum absolute atomic E-state index is 9.38. The van der Waals surface area contributed by atoms with Crippen LogP contribution >= 0.6 is 27.5 Å². The van der Waals surface area contributed by atoms with Gasteiger partial charge in [-0.3, -0.25) is 0 Å². The molecule has 0 spiro atoms. The number of benzene rings is 1. The first-order valence-corrected chi connectivity index (χ1v) is 6.12. The SMILES string of the molecule is O[C@H]1CC[C@@H](Oc2cc(Br)ccc2Cl)C1. The lowest BCUT2D eigenvalue weighted by Crippen LogP contribution is -2.13. The van der Waals surface area contributed by atoms with Gasteiger partial charge in [-0.05, 0) is 31.0 Å². The van der Waals surface area contributed by atoms with Gasteiger partial charge in [-0.15, -0.1) is 0 Å². The fourth-order valence-electron chi connectivity index (χ4n) is 1.77. The summed E-state index contributed by atoms with van der Waals surface area (Å²) in [6, 6.07) is 5.53. The Morgan fingerprint density at radius 2 is 2.20 bits per heavy atom. The molecule has 0 heterocycles. The molecule has 1 aromatic carbocycles. The number of hydrogen-bond donors (Lipinski definition) is 1. The number of rotatable bonds is 2. The Bertz CT molecular complexity index is 356. The number of hydrogen-bond acceptors (Lipinski definition) is 2. The highest BCUT2D eigenvalue weighted by Gasteiger charge is 2.24. The van der Waals surface area contributed by atoms with Gasteiger partial charge in [0.05, 0.1) is 11.1 Å².